The molecule has 0 bridgehead atoms. The van der Waals surface area contributed by atoms with E-state index in [0.717, 1.165) is 28.9 Å². The van der Waals surface area contributed by atoms with Crippen LogP contribution in [0.4, 0.5) is 11.8 Å². The molecule has 0 spiro atoms. The monoisotopic (exact) mass is 310 g/mol. The number of rotatable bonds is 3. The van der Waals surface area contributed by atoms with E-state index in [2.05, 4.69) is 48.9 Å². The molecule has 0 aliphatic carbocycles. The number of fused-ring (bicyclic) bond motifs is 1. The molecule has 120 valence electrons. The molecule has 23 heavy (non-hydrogen) atoms. The average Bonchev–Trinajstić information content (AvgIpc) is 2.49. The lowest BCUT2D eigenvalue weighted by Crippen LogP contribution is -2.29. The van der Waals surface area contributed by atoms with Crippen molar-refractivity contribution in [3.63, 3.8) is 0 Å². The molecule has 1 aliphatic rings. The van der Waals surface area contributed by atoms with E-state index in [9.17, 15) is 0 Å². The highest BCUT2D eigenvalue weighted by Crippen LogP contribution is 2.38. The molecular weight excluding hydrogens is 288 g/mol. The number of anilines is 2. The first-order valence-corrected chi connectivity index (χ1v) is 7.79. The van der Waals surface area contributed by atoms with E-state index >= 15 is 0 Å². The zero-order valence-corrected chi connectivity index (χ0v) is 13.8. The van der Waals surface area contributed by atoms with Gasteiger partial charge in [-0.15, -0.1) is 0 Å². The molecule has 1 aromatic heterocycles. The maximum atomic E-state index is 6.05. The van der Waals surface area contributed by atoms with E-state index in [1.807, 2.05) is 6.07 Å². The van der Waals surface area contributed by atoms with Crippen molar-refractivity contribution < 1.29 is 4.74 Å². The maximum absolute atomic E-state index is 6.05. The summed E-state index contributed by atoms with van der Waals surface area (Å²) < 4.78 is 6.05. The van der Waals surface area contributed by atoms with Crippen LogP contribution in [0.2, 0.25) is 0 Å². The zero-order valence-electron chi connectivity index (χ0n) is 13.8. The fourth-order valence-electron chi connectivity index (χ4n) is 2.92. The average molecular weight is 310 g/mol. The van der Waals surface area contributed by atoms with Crippen LogP contribution >= 0.6 is 0 Å². The molecule has 5 heteroatoms. The number of hydrogen-bond acceptors (Lipinski definition) is 5. The molecule has 0 amide bonds. The Labute approximate surface area is 136 Å². The van der Waals surface area contributed by atoms with E-state index in [1.165, 1.54) is 5.57 Å². The van der Waals surface area contributed by atoms with Crippen LogP contribution in [-0.2, 0) is 6.42 Å². The number of benzene rings is 1. The Morgan fingerprint density at radius 2 is 2.00 bits per heavy atom. The first-order chi connectivity index (χ1) is 10.9. The van der Waals surface area contributed by atoms with Gasteiger partial charge in [-0.3, -0.25) is 0 Å². The number of nitrogen functional groups attached to an aromatic ring is 2. The van der Waals surface area contributed by atoms with Gasteiger partial charge in [-0.2, -0.15) is 4.98 Å². The quantitative estimate of drug-likeness (QED) is 0.909. The Morgan fingerprint density at radius 1 is 1.22 bits per heavy atom. The fourth-order valence-corrected chi connectivity index (χ4v) is 2.92. The van der Waals surface area contributed by atoms with E-state index in [0.29, 0.717) is 12.2 Å². The van der Waals surface area contributed by atoms with Crippen molar-refractivity contribution in [1.82, 2.24) is 9.97 Å². The Hall–Kier alpha value is -2.56. The van der Waals surface area contributed by atoms with E-state index in [4.69, 9.17) is 16.2 Å². The summed E-state index contributed by atoms with van der Waals surface area (Å²) in [6, 6.07) is 6.25. The Morgan fingerprint density at radius 3 is 2.70 bits per heavy atom. The minimum Gasteiger partial charge on any atom is -0.483 e. The summed E-state index contributed by atoms with van der Waals surface area (Å²) in [6.07, 6.45) is 5.52. The van der Waals surface area contributed by atoms with Gasteiger partial charge in [0.2, 0.25) is 5.95 Å². The third-order valence-corrected chi connectivity index (χ3v) is 3.98. The van der Waals surface area contributed by atoms with Gasteiger partial charge in [-0.25, -0.2) is 4.98 Å². The predicted molar refractivity (Wildman–Crippen MR) is 93.1 cm³/mol. The molecule has 2 aromatic rings. The van der Waals surface area contributed by atoms with Crippen LogP contribution < -0.4 is 16.2 Å². The Balaban J connectivity index is 1.95. The molecule has 0 atom stereocenters. The van der Waals surface area contributed by atoms with Gasteiger partial charge in [0.1, 0.15) is 17.2 Å². The molecule has 3 rings (SSSR count). The number of allylic oxidation sites excluding steroid dienone is 1. The fraction of sp³-hybridized carbons (Fsp3) is 0.333. The summed E-state index contributed by atoms with van der Waals surface area (Å²) in [5.74, 6) is 1.56. The molecule has 0 saturated heterocycles. The Kier molecular flexibility index (Phi) is 3.72. The standard InChI is InChI=1S/C18H22N4O/c1-4-12-9-18(2,3)23-15-6-5-11(8-14(12)15)7-13-10-21-17(20)22-16(13)19/h5-6,8-10H,4,7H2,1-3H3,(H4,19,20,21,22). The molecule has 2 heterocycles. The third-order valence-electron chi connectivity index (χ3n) is 3.98. The highest BCUT2D eigenvalue weighted by Gasteiger charge is 2.25. The maximum Gasteiger partial charge on any atom is 0.221 e. The van der Waals surface area contributed by atoms with Crippen molar-refractivity contribution in [3.8, 4) is 5.75 Å². The summed E-state index contributed by atoms with van der Waals surface area (Å²) in [4.78, 5) is 8.04. The van der Waals surface area contributed by atoms with Gasteiger partial charge in [0.15, 0.2) is 0 Å². The second-order valence-electron chi connectivity index (χ2n) is 6.37. The molecule has 1 aromatic carbocycles. The van der Waals surface area contributed by atoms with Crippen molar-refractivity contribution in [2.45, 2.75) is 39.2 Å². The molecule has 0 fully saturated rings. The molecule has 1 aliphatic heterocycles. The van der Waals surface area contributed by atoms with Gasteiger partial charge < -0.3 is 16.2 Å². The highest BCUT2D eigenvalue weighted by molar-refractivity contribution is 5.74. The third kappa shape index (κ3) is 3.13. The topological polar surface area (TPSA) is 87.0 Å². The van der Waals surface area contributed by atoms with Crippen LogP contribution in [0.1, 0.15) is 43.9 Å². The van der Waals surface area contributed by atoms with E-state index in [-0.39, 0.29) is 11.5 Å². The van der Waals surface area contributed by atoms with Gasteiger partial charge >= 0.3 is 0 Å². The van der Waals surface area contributed by atoms with Crippen molar-refractivity contribution in [2.24, 2.45) is 0 Å². The SMILES string of the molecule is CCC1=CC(C)(C)Oc2ccc(Cc3cnc(N)nc3N)cc21. The van der Waals surface area contributed by atoms with E-state index in [1.54, 1.807) is 6.20 Å². The molecular formula is C18H22N4O. The van der Waals surface area contributed by atoms with Crippen LogP contribution in [-0.4, -0.2) is 15.6 Å². The first kappa shape index (κ1) is 15.3. The van der Waals surface area contributed by atoms with E-state index < -0.39 is 0 Å². The molecule has 5 nitrogen and oxygen atoms in total. The van der Waals surface area contributed by atoms with Crippen LogP contribution in [0.5, 0.6) is 5.75 Å². The van der Waals surface area contributed by atoms with Gasteiger partial charge in [-0.05, 0) is 49.6 Å². The second-order valence-corrected chi connectivity index (χ2v) is 6.37. The number of ether oxygens (including phenoxy) is 1. The largest absolute Gasteiger partial charge is 0.483 e. The lowest BCUT2D eigenvalue weighted by molar-refractivity contribution is 0.157. The minimum absolute atomic E-state index is 0.198. The zero-order chi connectivity index (χ0) is 16.6. The van der Waals surface area contributed by atoms with Crippen LogP contribution in [0.3, 0.4) is 0 Å². The van der Waals surface area contributed by atoms with Gasteiger partial charge in [0.05, 0.1) is 0 Å². The van der Waals surface area contributed by atoms with Gasteiger partial charge in [-0.1, -0.05) is 13.0 Å². The van der Waals surface area contributed by atoms with Gasteiger partial charge in [0, 0.05) is 23.7 Å². The van der Waals surface area contributed by atoms with Crippen LogP contribution in [0.25, 0.3) is 5.57 Å². The van der Waals surface area contributed by atoms with Gasteiger partial charge in [0.25, 0.3) is 0 Å². The number of hydrogen-bond donors (Lipinski definition) is 2. The summed E-state index contributed by atoms with van der Waals surface area (Å²) in [6.45, 7) is 6.31. The predicted octanol–water partition coefficient (Wildman–Crippen LogP) is 3.20. The van der Waals surface area contributed by atoms with Crippen molar-refractivity contribution >= 4 is 17.3 Å². The lowest BCUT2D eigenvalue weighted by atomic mass is 9.91. The number of nitrogens with two attached hydrogens (primary N) is 2. The summed E-state index contributed by atoms with van der Waals surface area (Å²) >= 11 is 0. The summed E-state index contributed by atoms with van der Waals surface area (Å²) in [5, 5.41) is 0. The number of nitrogens with zero attached hydrogens (tertiary/aromatic N) is 2. The summed E-state index contributed by atoms with van der Waals surface area (Å²) in [7, 11) is 0. The second kappa shape index (κ2) is 5.57. The smallest absolute Gasteiger partial charge is 0.221 e. The Bertz CT molecular complexity index is 781. The molecule has 4 N–H and O–H groups in total. The van der Waals surface area contributed by atoms with Crippen LogP contribution in [0.15, 0.2) is 30.5 Å². The van der Waals surface area contributed by atoms with Crippen LogP contribution in [0, 0.1) is 0 Å². The van der Waals surface area contributed by atoms with Crippen molar-refractivity contribution in [1.29, 1.82) is 0 Å². The molecule has 0 unspecified atom stereocenters. The highest BCUT2D eigenvalue weighted by atomic mass is 16.5. The first-order valence-electron chi connectivity index (χ1n) is 7.79. The normalized spacial score (nSPS) is 15.5. The van der Waals surface area contributed by atoms with Crippen molar-refractivity contribution in [3.05, 3.63) is 47.2 Å². The van der Waals surface area contributed by atoms with Crippen molar-refractivity contribution in [2.75, 3.05) is 11.5 Å². The number of aromatic nitrogens is 2. The molecule has 0 radical (unpaired) electrons. The lowest BCUT2D eigenvalue weighted by Gasteiger charge is -2.31. The minimum atomic E-state index is -0.269. The summed E-state index contributed by atoms with van der Waals surface area (Å²) in [5.41, 5.74) is 15.7. The molecule has 0 saturated carbocycles.